The predicted octanol–water partition coefficient (Wildman–Crippen LogP) is 4.10. The van der Waals surface area contributed by atoms with Gasteiger partial charge in [0.05, 0.1) is 5.56 Å². The van der Waals surface area contributed by atoms with Crippen molar-refractivity contribution in [1.29, 1.82) is 0 Å². The van der Waals surface area contributed by atoms with E-state index in [9.17, 15) is 18.0 Å². The number of alkyl halides is 3. The number of rotatable bonds is 2. The summed E-state index contributed by atoms with van der Waals surface area (Å²) in [4.78, 5) is 11.1. The highest BCUT2D eigenvalue weighted by Gasteiger charge is 2.37. The predicted molar refractivity (Wildman–Crippen MR) is 70.3 cm³/mol. The molecular weight excluding hydrogens is 267 g/mol. The Labute approximate surface area is 116 Å². The van der Waals surface area contributed by atoms with Crippen molar-refractivity contribution in [3.63, 3.8) is 0 Å². The van der Waals surface area contributed by atoms with E-state index in [-0.39, 0.29) is 17.4 Å². The van der Waals surface area contributed by atoms with E-state index in [0.717, 1.165) is 31.7 Å². The lowest BCUT2D eigenvalue weighted by molar-refractivity contribution is -0.138. The Hall–Kier alpha value is -1.52. The monoisotopic (exact) mass is 285 g/mol. The summed E-state index contributed by atoms with van der Waals surface area (Å²) in [6, 6.07) is 3.71. The van der Waals surface area contributed by atoms with Crippen molar-refractivity contribution in [1.82, 2.24) is 0 Å². The first-order chi connectivity index (χ1) is 9.30. The topological polar surface area (TPSA) is 43.1 Å². The molecule has 2 N–H and O–H groups in total. The number of nitrogens with two attached hydrogens (primary N) is 1. The van der Waals surface area contributed by atoms with Gasteiger partial charge in [-0.2, -0.15) is 13.2 Å². The van der Waals surface area contributed by atoms with Crippen LogP contribution in [0.2, 0.25) is 0 Å². The first-order valence-corrected chi connectivity index (χ1v) is 6.81. The van der Waals surface area contributed by atoms with Crippen molar-refractivity contribution in [3.8, 4) is 0 Å². The fourth-order valence-corrected chi connectivity index (χ4v) is 3.06. The molecule has 5 heteroatoms. The number of amides is 1. The maximum absolute atomic E-state index is 13.2. The van der Waals surface area contributed by atoms with E-state index in [0.29, 0.717) is 5.56 Å². The van der Waals surface area contributed by atoms with Crippen LogP contribution in [0.4, 0.5) is 13.2 Å². The maximum atomic E-state index is 13.2. The molecule has 1 aromatic rings. The van der Waals surface area contributed by atoms with E-state index < -0.39 is 17.6 Å². The summed E-state index contributed by atoms with van der Waals surface area (Å²) >= 11 is 0. The highest BCUT2D eigenvalue weighted by molar-refractivity contribution is 5.93. The van der Waals surface area contributed by atoms with Gasteiger partial charge in [0.15, 0.2) is 0 Å². The lowest BCUT2D eigenvalue weighted by Crippen LogP contribution is -2.21. The van der Waals surface area contributed by atoms with Crippen LogP contribution in [0.25, 0.3) is 0 Å². The summed E-state index contributed by atoms with van der Waals surface area (Å²) in [5, 5.41) is 0. The Morgan fingerprint density at radius 2 is 1.90 bits per heavy atom. The minimum Gasteiger partial charge on any atom is -0.366 e. The molecule has 2 unspecified atom stereocenters. The largest absolute Gasteiger partial charge is 0.416 e. The number of hydrogen-bond donors (Lipinski definition) is 1. The first-order valence-electron chi connectivity index (χ1n) is 6.81. The first kappa shape index (κ1) is 14.9. The van der Waals surface area contributed by atoms with Crippen molar-refractivity contribution < 1.29 is 18.0 Å². The number of benzene rings is 1. The minimum absolute atomic E-state index is 0.0930. The zero-order valence-corrected chi connectivity index (χ0v) is 11.3. The third kappa shape index (κ3) is 2.97. The zero-order valence-electron chi connectivity index (χ0n) is 11.3. The molecule has 1 aromatic carbocycles. The van der Waals surface area contributed by atoms with Gasteiger partial charge >= 0.3 is 6.18 Å². The van der Waals surface area contributed by atoms with Gasteiger partial charge in [0.1, 0.15) is 0 Å². The van der Waals surface area contributed by atoms with E-state index in [1.807, 2.05) is 6.92 Å². The van der Waals surface area contributed by atoms with Gasteiger partial charge in [-0.25, -0.2) is 0 Å². The van der Waals surface area contributed by atoms with Crippen LogP contribution in [0.5, 0.6) is 0 Å². The summed E-state index contributed by atoms with van der Waals surface area (Å²) in [5.74, 6) is -0.703. The van der Waals surface area contributed by atoms with E-state index in [4.69, 9.17) is 5.73 Å². The number of carbonyl (C=O) groups excluding carboxylic acids is 1. The van der Waals surface area contributed by atoms with Gasteiger partial charge in [-0.1, -0.05) is 32.3 Å². The molecular formula is C15H18F3NO. The molecule has 0 spiro atoms. The third-order valence-electron chi connectivity index (χ3n) is 4.15. The summed E-state index contributed by atoms with van der Waals surface area (Å²) in [5.41, 5.74) is 4.57. The second-order valence-corrected chi connectivity index (χ2v) is 5.53. The van der Waals surface area contributed by atoms with E-state index in [1.165, 1.54) is 12.1 Å². The quantitative estimate of drug-likeness (QED) is 0.873. The molecule has 0 radical (unpaired) electrons. The van der Waals surface area contributed by atoms with Crippen molar-refractivity contribution in [2.75, 3.05) is 0 Å². The van der Waals surface area contributed by atoms with Gasteiger partial charge in [0, 0.05) is 5.56 Å². The normalized spacial score (nSPS) is 23.6. The second kappa shape index (κ2) is 5.46. The molecule has 1 fully saturated rings. The van der Waals surface area contributed by atoms with Gasteiger partial charge in [-0.05, 0) is 36.0 Å². The minimum atomic E-state index is -4.46. The summed E-state index contributed by atoms with van der Waals surface area (Å²) < 4.78 is 39.7. The molecule has 2 rings (SSSR count). The van der Waals surface area contributed by atoms with Gasteiger partial charge in [0.2, 0.25) is 5.91 Å². The number of hydrogen-bond acceptors (Lipinski definition) is 1. The lowest BCUT2D eigenvalue weighted by Gasteiger charge is -2.31. The van der Waals surface area contributed by atoms with Crippen LogP contribution in [0.1, 0.15) is 60.0 Å². The van der Waals surface area contributed by atoms with E-state index in [2.05, 4.69) is 0 Å². The molecule has 2 nitrogen and oxygen atoms in total. The van der Waals surface area contributed by atoms with Crippen LogP contribution < -0.4 is 5.73 Å². The summed E-state index contributed by atoms with van der Waals surface area (Å²) in [7, 11) is 0. The van der Waals surface area contributed by atoms with Crippen LogP contribution in [0.15, 0.2) is 18.2 Å². The molecule has 0 heterocycles. The Bertz CT molecular complexity index is 510. The standard InChI is InChI=1S/C15H18F3NO/c1-9-4-2-3-5-11(9)12-7-6-10(14(19)20)8-13(12)15(16,17)18/h6-9,11H,2-5H2,1H3,(H2,19,20). The Kier molecular flexibility index (Phi) is 4.06. The fourth-order valence-electron chi connectivity index (χ4n) is 3.06. The molecule has 1 saturated carbocycles. The Morgan fingerprint density at radius 3 is 2.45 bits per heavy atom. The van der Waals surface area contributed by atoms with Crippen LogP contribution in [-0.2, 0) is 6.18 Å². The van der Waals surface area contributed by atoms with Crippen molar-refractivity contribution in [2.24, 2.45) is 11.7 Å². The van der Waals surface area contributed by atoms with Crippen LogP contribution in [-0.4, -0.2) is 5.91 Å². The molecule has 0 saturated heterocycles. The Morgan fingerprint density at radius 1 is 1.25 bits per heavy atom. The highest BCUT2D eigenvalue weighted by atomic mass is 19.4. The van der Waals surface area contributed by atoms with Gasteiger partial charge in [0.25, 0.3) is 0 Å². The second-order valence-electron chi connectivity index (χ2n) is 5.53. The van der Waals surface area contributed by atoms with Gasteiger partial charge in [-0.15, -0.1) is 0 Å². The van der Waals surface area contributed by atoms with Crippen LogP contribution >= 0.6 is 0 Å². The summed E-state index contributed by atoms with van der Waals surface area (Å²) in [6.07, 6.45) is -0.736. The van der Waals surface area contributed by atoms with Gasteiger partial charge < -0.3 is 5.73 Å². The molecule has 0 bridgehead atoms. The molecule has 1 aliphatic carbocycles. The smallest absolute Gasteiger partial charge is 0.366 e. The highest BCUT2D eigenvalue weighted by Crippen LogP contribution is 2.43. The molecule has 20 heavy (non-hydrogen) atoms. The molecule has 0 aliphatic heterocycles. The third-order valence-corrected chi connectivity index (χ3v) is 4.15. The van der Waals surface area contributed by atoms with Crippen molar-refractivity contribution in [3.05, 3.63) is 34.9 Å². The van der Waals surface area contributed by atoms with Crippen LogP contribution in [0.3, 0.4) is 0 Å². The average molecular weight is 285 g/mol. The van der Waals surface area contributed by atoms with Crippen molar-refractivity contribution in [2.45, 2.75) is 44.7 Å². The number of halogens is 3. The van der Waals surface area contributed by atoms with Crippen LogP contribution in [0, 0.1) is 5.92 Å². The Balaban J connectivity index is 2.49. The van der Waals surface area contributed by atoms with Crippen molar-refractivity contribution >= 4 is 5.91 Å². The molecule has 0 aromatic heterocycles. The zero-order chi connectivity index (χ0) is 14.9. The number of primary amides is 1. The average Bonchev–Trinajstić information content (AvgIpc) is 2.37. The molecule has 1 amide bonds. The van der Waals surface area contributed by atoms with E-state index >= 15 is 0 Å². The fraction of sp³-hybridized carbons (Fsp3) is 0.533. The molecule has 110 valence electrons. The van der Waals surface area contributed by atoms with Gasteiger partial charge in [-0.3, -0.25) is 4.79 Å². The number of carbonyl (C=O) groups is 1. The SMILES string of the molecule is CC1CCCCC1c1ccc(C(N)=O)cc1C(F)(F)F. The molecule has 1 aliphatic rings. The lowest BCUT2D eigenvalue weighted by atomic mass is 9.75. The summed E-state index contributed by atoms with van der Waals surface area (Å²) in [6.45, 7) is 1.99. The maximum Gasteiger partial charge on any atom is 0.416 e. The molecule has 2 atom stereocenters. The van der Waals surface area contributed by atoms with E-state index in [1.54, 1.807) is 0 Å².